The van der Waals surface area contributed by atoms with Gasteiger partial charge in [-0.05, 0) is 0 Å². The maximum atomic E-state index is 11.3. The van der Waals surface area contributed by atoms with Gasteiger partial charge in [-0.15, -0.1) is 0 Å². The number of unbranched alkanes of at least 4 members (excludes halogenated alkanes) is 3. The van der Waals surface area contributed by atoms with E-state index in [0.717, 1.165) is 0 Å². The van der Waals surface area contributed by atoms with Crippen LogP contribution in [0.1, 0.15) is 69.7 Å². The Bertz CT molecular complexity index is 440. The van der Waals surface area contributed by atoms with Crippen molar-refractivity contribution in [3.05, 3.63) is 24.0 Å². The number of hydrogen-bond donors (Lipinski definition) is 1. The predicted octanol–water partition coefficient (Wildman–Crippen LogP) is 4.84. The van der Waals surface area contributed by atoms with Crippen molar-refractivity contribution in [1.29, 1.82) is 0 Å². The van der Waals surface area contributed by atoms with Crippen LogP contribution < -0.4 is 3.58 Å². The van der Waals surface area contributed by atoms with E-state index in [9.17, 15) is 9.90 Å². The third-order valence-electron chi connectivity index (χ3n) is 4.62. The monoisotopic (exact) mass is 413 g/mol. The van der Waals surface area contributed by atoms with E-state index in [2.05, 4.69) is 25.8 Å². The molecule has 0 unspecified atom stereocenters. The molecule has 0 bridgehead atoms. The van der Waals surface area contributed by atoms with Crippen LogP contribution >= 0.6 is 0 Å². The molecule has 3 nitrogen and oxygen atoms in total. The SMILES string of the molecule is CCC[CH2][Sn]([CH2]CCC)([CH2]CCC)[c]1cncc(C(=O)O)c1. The van der Waals surface area contributed by atoms with E-state index in [1.54, 1.807) is 0 Å². The number of hydrogen-bond acceptors (Lipinski definition) is 2. The molecule has 0 spiro atoms. The molecule has 22 heavy (non-hydrogen) atoms. The standard InChI is InChI=1S/C6H4NO2.3C4H9.Sn/c8-6(9)5-2-1-3-7-4-5;3*1-3-4-2;/h2-4H,(H,8,9);3*1,3-4H2,2H3;. The molecule has 4 heteroatoms. The number of nitrogens with zero attached hydrogens (tertiary/aromatic N) is 1. The van der Waals surface area contributed by atoms with Crippen molar-refractivity contribution in [3.8, 4) is 0 Å². The molecular weight excluding hydrogens is 381 g/mol. The zero-order valence-electron chi connectivity index (χ0n) is 14.4. The van der Waals surface area contributed by atoms with Gasteiger partial charge in [-0.1, -0.05) is 0 Å². The number of rotatable bonds is 11. The minimum absolute atomic E-state index is 0.364. The van der Waals surface area contributed by atoms with Crippen LogP contribution in [0.15, 0.2) is 18.5 Å². The van der Waals surface area contributed by atoms with Crippen molar-refractivity contribution in [2.75, 3.05) is 0 Å². The van der Waals surface area contributed by atoms with Crippen LogP contribution in [0.4, 0.5) is 0 Å². The van der Waals surface area contributed by atoms with E-state index in [1.807, 2.05) is 12.3 Å². The van der Waals surface area contributed by atoms with Gasteiger partial charge in [-0.25, -0.2) is 0 Å². The average Bonchev–Trinajstić information content (AvgIpc) is 2.54. The van der Waals surface area contributed by atoms with E-state index in [-0.39, 0.29) is 0 Å². The van der Waals surface area contributed by atoms with E-state index in [4.69, 9.17) is 0 Å². The molecule has 0 aromatic carbocycles. The Balaban J connectivity index is 3.18. The molecule has 0 aliphatic rings. The normalized spacial score (nSPS) is 11.6. The molecule has 0 saturated carbocycles. The van der Waals surface area contributed by atoms with Gasteiger partial charge < -0.3 is 0 Å². The number of carboxylic acid groups (broad SMARTS) is 1. The fourth-order valence-corrected chi connectivity index (χ4v) is 18.9. The summed E-state index contributed by atoms with van der Waals surface area (Å²) < 4.78 is 5.37. The van der Waals surface area contributed by atoms with E-state index in [1.165, 1.54) is 61.6 Å². The zero-order valence-corrected chi connectivity index (χ0v) is 17.3. The van der Waals surface area contributed by atoms with Crippen LogP contribution in [0.25, 0.3) is 0 Å². The quantitative estimate of drug-likeness (QED) is 0.530. The number of carbonyl (C=O) groups is 1. The Morgan fingerprint density at radius 2 is 1.50 bits per heavy atom. The molecule has 0 fully saturated rings. The van der Waals surface area contributed by atoms with Gasteiger partial charge in [0.25, 0.3) is 0 Å². The summed E-state index contributed by atoms with van der Waals surface area (Å²) in [5, 5.41) is 9.29. The average molecular weight is 412 g/mol. The first-order valence-corrected chi connectivity index (χ1v) is 16.3. The van der Waals surface area contributed by atoms with Crippen molar-refractivity contribution < 1.29 is 9.90 Å². The second-order valence-corrected chi connectivity index (χ2v) is 19.6. The second kappa shape index (κ2) is 10.2. The summed E-state index contributed by atoms with van der Waals surface area (Å²) in [7, 11) is 0. The molecule has 1 rings (SSSR count). The topological polar surface area (TPSA) is 50.2 Å². The summed E-state index contributed by atoms with van der Waals surface area (Å²) >= 11 is -2.53. The first-order valence-electron chi connectivity index (χ1n) is 8.78. The first kappa shape index (κ1) is 19.5. The summed E-state index contributed by atoms with van der Waals surface area (Å²) in [6, 6.07) is 1.95. The van der Waals surface area contributed by atoms with Gasteiger partial charge in [0.05, 0.1) is 0 Å². The molecule has 1 aromatic rings. The third kappa shape index (κ3) is 5.56. The van der Waals surface area contributed by atoms with E-state index >= 15 is 0 Å². The molecule has 1 aromatic heterocycles. The zero-order chi connectivity index (χ0) is 16.4. The van der Waals surface area contributed by atoms with Crippen LogP contribution in [0.5, 0.6) is 0 Å². The van der Waals surface area contributed by atoms with Crippen molar-refractivity contribution in [3.63, 3.8) is 0 Å². The second-order valence-electron chi connectivity index (χ2n) is 6.36. The van der Waals surface area contributed by atoms with Gasteiger partial charge in [-0.2, -0.15) is 0 Å². The van der Waals surface area contributed by atoms with Gasteiger partial charge in [0, 0.05) is 0 Å². The number of pyridine rings is 1. The molecule has 0 amide bonds. The van der Waals surface area contributed by atoms with Crippen LogP contribution in [-0.4, -0.2) is 34.4 Å². The summed E-state index contributed by atoms with van der Waals surface area (Å²) in [6.07, 6.45) is 11.0. The van der Waals surface area contributed by atoms with Gasteiger partial charge in [0.1, 0.15) is 0 Å². The fraction of sp³-hybridized carbons (Fsp3) is 0.667. The minimum atomic E-state index is -2.53. The summed E-state index contributed by atoms with van der Waals surface area (Å²) in [5.41, 5.74) is 0.364. The Morgan fingerprint density at radius 3 is 1.91 bits per heavy atom. The summed E-state index contributed by atoms with van der Waals surface area (Å²) in [5.74, 6) is -0.851. The third-order valence-corrected chi connectivity index (χ3v) is 20.1. The fourth-order valence-electron chi connectivity index (χ4n) is 3.20. The molecule has 0 saturated heterocycles. The number of aromatic carboxylic acids is 1. The maximum absolute atomic E-state index is 11.3. The Kier molecular flexibility index (Phi) is 9.06. The van der Waals surface area contributed by atoms with E-state index in [0.29, 0.717) is 5.56 Å². The number of aromatic nitrogens is 1. The first-order chi connectivity index (χ1) is 10.6. The molecule has 0 aliphatic heterocycles. The molecule has 1 heterocycles. The molecule has 124 valence electrons. The van der Waals surface area contributed by atoms with E-state index < -0.39 is 24.3 Å². The van der Waals surface area contributed by atoms with Gasteiger partial charge in [0.15, 0.2) is 0 Å². The summed E-state index contributed by atoms with van der Waals surface area (Å²) in [6.45, 7) is 6.76. The van der Waals surface area contributed by atoms with Crippen LogP contribution in [0, 0.1) is 0 Å². The van der Waals surface area contributed by atoms with Gasteiger partial charge >= 0.3 is 139 Å². The summed E-state index contributed by atoms with van der Waals surface area (Å²) in [4.78, 5) is 15.6. The van der Waals surface area contributed by atoms with Crippen LogP contribution in [0.2, 0.25) is 13.3 Å². The molecule has 0 atom stereocenters. The molecule has 0 radical (unpaired) electrons. The van der Waals surface area contributed by atoms with Gasteiger partial charge in [-0.3, -0.25) is 0 Å². The van der Waals surface area contributed by atoms with Crippen LogP contribution in [0.3, 0.4) is 0 Å². The van der Waals surface area contributed by atoms with Gasteiger partial charge in [0.2, 0.25) is 0 Å². The van der Waals surface area contributed by atoms with Crippen molar-refractivity contribution in [2.24, 2.45) is 0 Å². The molecule has 1 N–H and O–H groups in total. The van der Waals surface area contributed by atoms with Crippen molar-refractivity contribution in [2.45, 2.75) is 72.6 Å². The Labute approximate surface area is 139 Å². The predicted molar refractivity (Wildman–Crippen MR) is 95.7 cm³/mol. The molecule has 0 aliphatic carbocycles. The van der Waals surface area contributed by atoms with Crippen molar-refractivity contribution in [1.82, 2.24) is 4.98 Å². The Hall–Kier alpha value is -0.581. The Morgan fingerprint density at radius 1 is 1.00 bits per heavy atom. The number of carboxylic acids is 1. The van der Waals surface area contributed by atoms with Crippen molar-refractivity contribution >= 4 is 27.9 Å². The molecular formula is C18H31NO2Sn. The van der Waals surface area contributed by atoms with Crippen LogP contribution in [-0.2, 0) is 0 Å².